The van der Waals surface area contributed by atoms with Gasteiger partial charge in [0.15, 0.2) is 0 Å². The molecular weight excluding hydrogens is 244 g/mol. The predicted molar refractivity (Wildman–Crippen MR) is 74.1 cm³/mol. The van der Waals surface area contributed by atoms with Gasteiger partial charge in [0.1, 0.15) is 0 Å². The molecule has 0 spiro atoms. The van der Waals surface area contributed by atoms with Gasteiger partial charge in [0.05, 0.1) is 12.0 Å². The zero-order chi connectivity index (χ0) is 14.5. The molecule has 0 aromatic carbocycles. The first kappa shape index (κ1) is 15.8. The van der Waals surface area contributed by atoms with Gasteiger partial charge in [-0.2, -0.15) is 0 Å². The van der Waals surface area contributed by atoms with Gasteiger partial charge in [0.2, 0.25) is 0 Å². The lowest BCUT2D eigenvalue weighted by molar-refractivity contribution is -0.138. The smallest absolute Gasteiger partial charge is 0.317 e. The third-order valence-electron chi connectivity index (χ3n) is 3.81. The minimum atomic E-state index is -0.841. The molecule has 0 aromatic rings. The number of carboxylic acids is 1. The molecule has 1 aliphatic carbocycles. The van der Waals surface area contributed by atoms with E-state index in [0.717, 1.165) is 32.1 Å². The molecule has 110 valence electrons. The Balaban J connectivity index is 2.54. The van der Waals surface area contributed by atoms with Crippen molar-refractivity contribution in [1.82, 2.24) is 10.2 Å². The van der Waals surface area contributed by atoms with Gasteiger partial charge in [-0.05, 0) is 25.2 Å². The van der Waals surface area contributed by atoms with E-state index in [2.05, 4.69) is 19.2 Å². The lowest BCUT2D eigenvalue weighted by atomic mass is 9.93. The topological polar surface area (TPSA) is 69.6 Å². The summed E-state index contributed by atoms with van der Waals surface area (Å²) in [6.45, 7) is 4.94. The van der Waals surface area contributed by atoms with E-state index < -0.39 is 11.5 Å². The lowest BCUT2D eigenvalue weighted by Crippen LogP contribution is -2.52. The highest BCUT2D eigenvalue weighted by molar-refractivity contribution is 5.76. The normalized spacial score (nSPS) is 17.5. The van der Waals surface area contributed by atoms with Gasteiger partial charge in [0, 0.05) is 13.6 Å². The van der Waals surface area contributed by atoms with Crippen molar-refractivity contribution in [3.63, 3.8) is 0 Å². The molecule has 1 rings (SSSR count). The van der Waals surface area contributed by atoms with Crippen LogP contribution in [0.5, 0.6) is 0 Å². The Labute approximate surface area is 115 Å². The molecule has 0 atom stereocenters. The van der Waals surface area contributed by atoms with Crippen molar-refractivity contribution in [2.24, 2.45) is 5.92 Å². The van der Waals surface area contributed by atoms with Crippen LogP contribution in [-0.4, -0.2) is 41.1 Å². The average Bonchev–Trinajstić information content (AvgIpc) is 2.72. The fraction of sp³-hybridized carbons (Fsp3) is 0.857. The molecule has 1 fully saturated rings. The van der Waals surface area contributed by atoms with E-state index in [-0.39, 0.29) is 12.5 Å². The number of amides is 2. The minimum Gasteiger partial charge on any atom is -0.481 e. The Bertz CT molecular complexity index is 323. The van der Waals surface area contributed by atoms with Crippen LogP contribution in [0, 0.1) is 5.92 Å². The Morgan fingerprint density at radius 1 is 1.32 bits per heavy atom. The first-order valence-electron chi connectivity index (χ1n) is 7.10. The molecule has 0 heterocycles. The fourth-order valence-electron chi connectivity index (χ4n) is 2.56. The van der Waals surface area contributed by atoms with Crippen LogP contribution in [0.25, 0.3) is 0 Å². The van der Waals surface area contributed by atoms with Crippen LogP contribution in [0.4, 0.5) is 4.79 Å². The van der Waals surface area contributed by atoms with Crippen LogP contribution in [-0.2, 0) is 4.79 Å². The number of nitrogens with zero attached hydrogens (tertiary/aromatic N) is 1. The third-order valence-corrected chi connectivity index (χ3v) is 3.81. The monoisotopic (exact) mass is 270 g/mol. The van der Waals surface area contributed by atoms with Crippen molar-refractivity contribution in [3.8, 4) is 0 Å². The highest BCUT2D eigenvalue weighted by Crippen LogP contribution is 2.32. The molecule has 0 aromatic heterocycles. The molecule has 0 aliphatic heterocycles. The van der Waals surface area contributed by atoms with Gasteiger partial charge in [0.25, 0.3) is 0 Å². The van der Waals surface area contributed by atoms with Gasteiger partial charge in [-0.15, -0.1) is 0 Å². The molecule has 2 amide bonds. The molecule has 5 nitrogen and oxygen atoms in total. The van der Waals surface area contributed by atoms with Crippen LogP contribution in [0.2, 0.25) is 0 Å². The summed E-state index contributed by atoms with van der Waals surface area (Å²) in [7, 11) is 1.77. The molecule has 0 bridgehead atoms. The zero-order valence-corrected chi connectivity index (χ0v) is 12.2. The summed E-state index contributed by atoms with van der Waals surface area (Å²) in [6.07, 6.45) is 4.49. The number of carbonyl (C=O) groups is 2. The lowest BCUT2D eigenvalue weighted by Gasteiger charge is -2.31. The number of rotatable bonds is 6. The van der Waals surface area contributed by atoms with Crippen molar-refractivity contribution in [2.75, 3.05) is 13.6 Å². The SMILES string of the molecule is CC(C)CCN(C)C(=O)NC1(CC(=O)O)CCCC1. The summed E-state index contributed by atoms with van der Waals surface area (Å²) >= 11 is 0. The van der Waals surface area contributed by atoms with E-state index in [1.54, 1.807) is 11.9 Å². The second-order valence-corrected chi connectivity index (χ2v) is 6.09. The minimum absolute atomic E-state index is 0.0246. The van der Waals surface area contributed by atoms with Gasteiger partial charge in [-0.3, -0.25) is 4.79 Å². The molecule has 0 saturated heterocycles. The Morgan fingerprint density at radius 2 is 1.89 bits per heavy atom. The van der Waals surface area contributed by atoms with Gasteiger partial charge in [-0.25, -0.2) is 4.79 Å². The molecular formula is C14H26N2O3. The van der Waals surface area contributed by atoms with E-state index in [0.29, 0.717) is 12.5 Å². The zero-order valence-electron chi connectivity index (χ0n) is 12.2. The summed E-state index contributed by atoms with van der Waals surface area (Å²) in [5.41, 5.74) is -0.533. The highest BCUT2D eigenvalue weighted by Gasteiger charge is 2.38. The van der Waals surface area contributed by atoms with E-state index in [1.807, 2.05) is 0 Å². The van der Waals surface area contributed by atoms with Gasteiger partial charge in [-0.1, -0.05) is 26.7 Å². The number of nitrogens with one attached hydrogen (secondary N) is 1. The summed E-state index contributed by atoms with van der Waals surface area (Å²) in [5.74, 6) is -0.290. The second-order valence-electron chi connectivity index (χ2n) is 6.09. The third kappa shape index (κ3) is 5.09. The van der Waals surface area contributed by atoms with E-state index in [9.17, 15) is 9.59 Å². The summed E-state index contributed by atoms with van der Waals surface area (Å²) in [6, 6.07) is -0.149. The standard InChI is InChI=1S/C14H26N2O3/c1-11(2)6-9-16(3)13(19)15-14(10-12(17)18)7-4-5-8-14/h11H,4-10H2,1-3H3,(H,15,19)(H,17,18). The van der Waals surface area contributed by atoms with E-state index >= 15 is 0 Å². The van der Waals surface area contributed by atoms with Crippen LogP contribution < -0.4 is 5.32 Å². The summed E-state index contributed by atoms with van der Waals surface area (Å²) in [4.78, 5) is 24.7. The first-order valence-corrected chi connectivity index (χ1v) is 7.10. The number of carbonyl (C=O) groups excluding carboxylic acids is 1. The number of hydrogen-bond donors (Lipinski definition) is 2. The maximum absolute atomic E-state index is 12.1. The Kier molecular flexibility index (Phi) is 5.63. The van der Waals surface area contributed by atoms with Gasteiger partial charge >= 0.3 is 12.0 Å². The highest BCUT2D eigenvalue weighted by atomic mass is 16.4. The van der Waals surface area contributed by atoms with Crippen LogP contribution in [0.1, 0.15) is 52.4 Å². The average molecular weight is 270 g/mol. The van der Waals surface area contributed by atoms with Crippen LogP contribution in [0.3, 0.4) is 0 Å². The molecule has 1 aliphatic rings. The summed E-state index contributed by atoms with van der Waals surface area (Å²) in [5, 5.41) is 12.0. The first-order chi connectivity index (χ1) is 8.84. The van der Waals surface area contributed by atoms with Crippen molar-refractivity contribution < 1.29 is 14.7 Å². The molecule has 5 heteroatoms. The molecule has 19 heavy (non-hydrogen) atoms. The number of hydrogen-bond acceptors (Lipinski definition) is 2. The molecule has 2 N–H and O–H groups in total. The largest absolute Gasteiger partial charge is 0.481 e. The van der Waals surface area contributed by atoms with Crippen molar-refractivity contribution in [2.45, 2.75) is 57.9 Å². The maximum Gasteiger partial charge on any atom is 0.317 e. The predicted octanol–water partition coefficient (Wildman–Crippen LogP) is 2.46. The van der Waals surface area contributed by atoms with Crippen molar-refractivity contribution in [3.05, 3.63) is 0 Å². The Hall–Kier alpha value is -1.26. The van der Waals surface area contributed by atoms with Crippen LogP contribution in [0.15, 0.2) is 0 Å². The maximum atomic E-state index is 12.1. The van der Waals surface area contributed by atoms with Crippen molar-refractivity contribution >= 4 is 12.0 Å². The van der Waals surface area contributed by atoms with Crippen molar-refractivity contribution in [1.29, 1.82) is 0 Å². The summed E-state index contributed by atoms with van der Waals surface area (Å²) < 4.78 is 0. The number of carboxylic acid groups (broad SMARTS) is 1. The molecule has 0 unspecified atom stereocenters. The van der Waals surface area contributed by atoms with E-state index in [1.165, 1.54) is 0 Å². The quantitative estimate of drug-likeness (QED) is 0.779. The molecule has 0 radical (unpaired) electrons. The Morgan fingerprint density at radius 3 is 2.37 bits per heavy atom. The van der Waals surface area contributed by atoms with Gasteiger partial charge < -0.3 is 15.3 Å². The number of urea groups is 1. The fourth-order valence-corrected chi connectivity index (χ4v) is 2.56. The molecule has 1 saturated carbocycles. The van der Waals surface area contributed by atoms with E-state index in [4.69, 9.17) is 5.11 Å². The number of aliphatic carboxylic acids is 1. The van der Waals surface area contributed by atoms with Crippen LogP contribution >= 0.6 is 0 Å². The second kappa shape index (κ2) is 6.78.